The van der Waals surface area contributed by atoms with Crippen LogP contribution in [-0.2, 0) is 4.79 Å². The molecule has 0 spiro atoms. The van der Waals surface area contributed by atoms with Crippen molar-refractivity contribution in [3.63, 3.8) is 0 Å². The van der Waals surface area contributed by atoms with E-state index in [0.29, 0.717) is 10.8 Å². The fraction of sp³-hybridized carbons (Fsp3) is 0.105. The van der Waals surface area contributed by atoms with Crippen LogP contribution in [0.1, 0.15) is 0 Å². The Morgan fingerprint density at radius 3 is 2.75 bits per heavy atom. The third-order valence-corrected chi connectivity index (χ3v) is 5.55. The molecule has 1 N–H and O–H groups in total. The molecule has 140 valence electrons. The summed E-state index contributed by atoms with van der Waals surface area (Å²) in [5, 5.41) is 7.65. The van der Waals surface area contributed by atoms with E-state index in [1.807, 2.05) is 30.5 Å². The minimum Gasteiger partial charge on any atom is -0.292 e. The number of benzene rings is 1. The number of carbonyl (C=O) groups is 1. The summed E-state index contributed by atoms with van der Waals surface area (Å²) >= 11 is 2.96. The zero-order chi connectivity index (χ0) is 19.3. The smallest absolute Gasteiger partial charge is 0.249 e. The van der Waals surface area contributed by atoms with E-state index in [2.05, 4.69) is 43.8 Å². The highest BCUT2D eigenvalue weighted by Crippen LogP contribution is 2.30. The molecule has 3 heterocycles. The van der Waals surface area contributed by atoms with Gasteiger partial charge in [0.25, 0.3) is 0 Å². The molecule has 4 aromatic rings. The molecule has 0 radical (unpaired) electrons. The minimum absolute atomic E-state index is 0.186. The van der Waals surface area contributed by atoms with Crippen LogP contribution in [0.5, 0.6) is 0 Å². The highest BCUT2D eigenvalue weighted by Gasteiger charge is 2.11. The molecule has 3 aromatic heterocycles. The molecule has 0 saturated carbocycles. The summed E-state index contributed by atoms with van der Waals surface area (Å²) in [6.45, 7) is 0. The lowest BCUT2D eigenvalue weighted by molar-refractivity contribution is -0.113. The van der Waals surface area contributed by atoms with Crippen LogP contribution in [0.4, 0.5) is 5.95 Å². The number of amides is 1. The van der Waals surface area contributed by atoms with Crippen molar-refractivity contribution in [1.82, 2.24) is 24.6 Å². The molecule has 7 nitrogen and oxygen atoms in total. The van der Waals surface area contributed by atoms with Gasteiger partial charge in [-0.1, -0.05) is 30.0 Å². The predicted octanol–water partition coefficient (Wildman–Crippen LogP) is 3.64. The summed E-state index contributed by atoms with van der Waals surface area (Å²) in [7, 11) is 0. The highest BCUT2D eigenvalue weighted by molar-refractivity contribution is 7.99. The van der Waals surface area contributed by atoms with Gasteiger partial charge >= 0.3 is 0 Å². The Morgan fingerprint density at radius 1 is 1.11 bits per heavy atom. The maximum absolute atomic E-state index is 12.2. The summed E-state index contributed by atoms with van der Waals surface area (Å²) in [5.74, 6) is 0.252. The molecule has 0 unspecified atom stereocenters. The summed E-state index contributed by atoms with van der Waals surface area (Å²) in [4.78, 5) is 25.9. The summed E-state index contributed by atoms with van der Waals surface area (Å²) < 4.78 is 1.68. The van der Waals surface area contributed by atoms with E-state index in [1.165, 1.54) is 16.7 Å². The lowest BCUT2D eigenvalue weighted by Gasteiger charge is -2.07. The standard InChI is InChI=1S/C19H16N6OS2/c1-27-15-6-3-2-5-14(15)13-7-8-16-22-18(24-25(16)11-13)23-17(26)12-28-19-20-9-4-10-21-19/h2-11H,12H2,1H3,(H,23,24,26). The van der Waals surface area contributed by atoms with Gasteiger partial charge in [-0.05, 0) is 36.1 Å². The van der Waals surface area contributed by atoms with Gasteiger partial charge < -0.3 is 0 Å². The molecular weight excluding hydrogens is 392 g/mol. The molecule has 1 aromatic carbocycles. The van der Waals surface area contributed by atoms with E-state index in [1.54, 1.807) is 34.7 Å². The number of nitrogens with zero attached hydrogens (tertiary/aromatic N) is 5. The van der Waals surface area contributed by atoms with Crippen LogP contribution < -0.4 is 5.32 Å². The molecule has 0 atom stereocenters. The van der Waals surface area contributed by atoms with Crippen LogP contribution in [0.15, 0.2) is 71.1 Å². The second kappa shape index (κ2) is 8.41. The number of carbonyl (C=O) groups excluding carboxylic acids is 1. The maximum Gasteiger partial charge on any atom is 0.249 e. The Hall–Kier alpha value is -2.91. The van der Waals surface area contributed by atoms with E-state index in [0.717, 1.165) is 11.1 Å². The number of hydrogen-bond donors (Lipinski definition) is 1. The van der Waals surface area contributed by atoms with E-state index < -0.39 is 0 Å². The zero-order valence-corrected chi connectivity index (χ0v) is 16.6. The first kappa shape index (κ1) is 18.5. The average Bonchev–Trinajstić information content (AvgIpc) is 3.14. The van der Waals surface area contributed by atoms with Crippen LogP contribution in [-0.4, -0.2) is 42.5 Å². The largest absolute Gasteiger partial charge is 0.292 e. The zero-order valence-electron chi connectivity index (χ0n) is 14.9. The monoisotopic (exact) mass is 408 g/mol. The fourth-order valence-corrected chi connectivity index (χ4v) is 3.85. The Bertz CT molecular complexity index is 1120. The normalized spacial score (nSPS) is 10.9. The molecule has 9 heteroatoms. The van der Waals surface area contributed by atoms with Crippen LogP contribution in [0.2, 0.25) is 0 Å². The number of pyridine rings is 1. The first-order chi connectivity index (χ1) is 13.7. The van der Waals surface area contributed by atoms with E-state index >= 15 is 0 Å². The van der Waals surface area contributed by atoms with Crippen molar-refractivity contribution < 1.29 is 4.79 Å². The second-order valence-electron chi connectivity index (χ2n) is 5.72. The predicted molar refractivity (Wildman–Crippen MR) is 112 cm³/mol. The van der Waals surface area contributed by atoms with Gasteiger partial charge in [0.05, 0.1) is 5.75 Å². The second-order valence-corrected chi connectivity index (χ2v) is 7.52. The molecular formula is C19H16N6OS2. The summed E-state index contributed by atoms with van der Waals surface area (Å²) in [6.07, 6.45) is 7.26. The van der Waals surface area contributed by atoms with Crippen LogP contribution in [0.3, 0.4) is 0 Å². The van der Waals surface area contributed by atoms with Crippen molar-refractivity contribution >= 4 is 41.0 Å². The third-order valence-electron chi connectivity index (χ3n) is 3.87. The van der Waals surface area contributed by atoms with Crippen molar-refractivity contribution in [2.24, 2.45) is 0 Å². The topological polar surface area (TPSA) is 85.1 Å². The molecule has 0 saturated heterocycles. The molecule has 0 fully saturated rings. The Balaban J connectivity index is 1.49. The highest BCUT2D eigenvalue weighted by atomic mass is 32.2. The van der Waals surface area contributed by atoms with Gasteiger partial charge in [-0.15, -0.1) is 16.9 Å². The number of aromatic nitrogens is 5. The molecule has 1 amide bonds. The van der Waals surface area contributed by atoms with Gasteiger partial charge in [0.1, 0.15) is 0 Å². The van der Waals surface area contributed by atoms with Crippen molar-refractivity contribution in [2.45, 2.75) is 10.1 Å². The van der Waals surface area contributed by atoms with Gasteiger partial charge in [0.15, 0.2) is 10.8 Å². The molecule has 28 heavy (non-hydrogen) atoms. The quantitative estimate of drug-likeness (QED) is 0.385. The van der Waals surface area contributed by atoms with Crippen molar-refractivity contribution in [1.29, 1.82) is 0 Å². The first-order valence-corrected chi connectivity index (χ1v) is 10.6. The van der Waals surface area contributed by atoms with E-state index in [-0.39, 0.29) is 17.6 Å². The molecule has 0 aliphatic heterocycles. The fourth-order valence-electron chi connectivity index (χ4n) is 2.63. The Labute approximate surface area is 170 Å². The number of rotatable bonds is 6. The molecule has 0 bridgehead atoms. The van der Waals surface area contributed by atoms with Crippen molar-refractivity contribution in [3.8, 4) is 11.1 Å². The molecule has 0 aliphatic carbocycles. The van der Waals surface area contributed by atoms with Crippen LogP contribution in [0.25, 0.3) is 16.8 Å². The molecule has 0 aliphatic rings. The van der Waals surface area contributed by atoms with Gasteiger partial charge in [-0.25, -0.2) is 14.5 Å². The summed E-state index contributed by atoms with van der Waals surface area (Å²) in [5.41, 5.74) is 2.84. The SMILES string of the molecule is CSc1ccccc1-c1ccc2nc(NC(=O)CSc3ncccn3)nn2c1. The van der Waals surface area contributed by atoms with Gasteiger partial charge in [-0.3, -0.25) is 10.1 Å². The number of thioether (sulfide) groups is 2. The van der Waals surface area contributed by atoms with E-state index in [9.17, 15) is 4.79 Å². The first-order valence-electron chi connectivity index (χ1n) is 8.42. The van der Waals surface area contributed by atoms with Gasteiger partial charge in [0.2, 0.25) is 11.9 Å². The van der Waals surface area contributed by atoms with Crippen LogP contribution in [0, 0.1) is 0 Å². The third kappa shape index (κ3) is 4.15. The van der Waals surface area contributed by atoms with Gasteiger partial charge in [0, 0.05) is 29.0 Å². The summed E-state index contributed by atoms with van der Waals surface area (Å²) in [6, 6.07) is 13.8. The Kier molecular flexibility index (Phi) is 5.54. The number of anilines is 1. The van der Waals surface area contributed by atoms with Gasteiger partial charge in [-0.2, -0.15) is 4.98 Å². The average molecular weight is 409 g/mol. The number of fused-ring (bicyclic) bond motifs is 1. The van der Waals surface area contributed by atoms with E-state index in [4.69, 9.17) is 0 Å². The van der Waals surface area contributed by atoms with Crippen LogP contribution >= 0.6 is 23.5 Å². The maximum atomic E-state index is 12.2. The van der Waals surface area contributed by atoms with Crippen molar-refractivity contribution in [2.75, 3.05) is 17.3 Å². The lowest BCUT2D eigenvalue weighted by Crippen LogP contribution is -2.15. The van der Waals surface area contributed by atoms with Crippen molar-refractivity contribution in [3.05, 3.63) is 61.1 Å². The number of nitrogens with one attached hydrogen (secondary N) is 1. The Morgan fingerprint density at radius 2 is 1.93 bits per heavy atom. The molecule has 4 rings (SSSR count). The minimum atomic E-state index is -0.207. The lowest BCUT2D eigenvalue weighted by atomic mass is 10.1. The number of hydrogen-bond acceptors (Lipinski definition) is 7.